The van der Waals surface area contributed by atoms with Crippen LogP contribution in [-0.4, -0.2) is 58.2 Å². The van der Waals surface area contributed by atoms with Gasteiger partial charge < -0.3 is 5.32 Å². The molecule has 0 aliphatic carbocycles. The number of piperidine rings is 1. The first-order valence-corrected chi connectivity index (χ1v) is 11.7. The number of halogens is 1. The molecule has 1 aromatic carbocycles. The highest BCUT2D eigenvalue weighted by Gasteiger charge is 2.33. The van der Waals surface area contributed by atoms with Crippen molar-refractivity contribution in [2.24, 2.45) is 5.92 Å². The molecule has 1 aliphatic heterocycles. The number of carbonyl (C=O) groups is 1. The summed E-state index contributed by atoms with van der Waals surface area (Å²) in [6, 6.07) is 4.55. The number of nitrogens with zero attached hydrogens (tertiary/aromatic N) is 1. The van der Waals surface area contributed by atoms with Crippen molar-refractivity contribution in [1.29, 1.82) is 0 Å². The van der Waals surface area contributed by atoms with E-state index in [1.54, 1.807) is 0 Å². The first kappa shape index (κ1) is 20.8. The van der Waals surface area contributed by atoms with Gasteiger partial charge in [0.15, 0.2) is 9.84 Å². The molecule has 1 aromatic rings. The van der Waals surface area contributed by atoms with Crippen molar-refractivity contribution in [2.45, 2.75) is 24.7 Å². The second-order valence-electron chi connectivity index (χ2n) is 6.18. The molecule has 0 saturated carbocycles. The highest BCUT2D eigenvalue weighted by molar-refractivity contribution is 7.91. The van der Waals surface area contributed by atoms with E-state index in [1.807, 2.05) is 0 Å². The van der Waals surface area contributed by atoms with Crippen LogP contribution in [0.2, 0.25) is 0 Å². The third-order valence-electron chi connectivity index (χ3n) is 4.36. The summed E-state index contributed by atoms with van der Waals surface area (Å²) in [5.41, 5.74) is 0. The summed E-state index contributed by atoms with van der Waals surface area (Å²) in [5.74, 6) is -1.55. The molecular weight excluding hydrogens is 383 g/mol. The Morgan fingerprint density at radius 2 is 1.88 bits per heavy atom. The van der Waals surface area contributed by atoms with Crippen LogP contribution in [0, 0.1) is 11.7 Å². The van der Waals surface area contributed by atoms with Crippen molar-refractivity contribution in [2.75, 3.05) is 31.1 Å². The first-order chi connectivity index (χ1) is 12.2. The third-order valence-corrected chi connectivity index (χ3v) is 7.94. The van der Waals surface area contributed by atoms with Gasteiger partial charge in [-0.25, -0.2) is 21.2 Å². The Hall–Kier alpha value is -1.52. The SMILES string of the molecule is CCS(=O)(=O)CCNC(=O)C1CCCN(S(=O)(=O)c2ccc(F)cc2)C1. The van der Waals surface area contributed by atoms with E-state index in [0.29, 0.717) is 12.8 Å². The molecule has 7 nitrogen and oxygen atoms in total. The Balaban J connectivity index is 1.99. The van der Waals surface area contributed by atoms with Gasteiger partial charge in [-0.1, -0.05) is 6.92 Å². The Kier molecular flexibility index (Phi) is 6.75. The molecule has 2 rings (SSSR count). The fourth-order valence-corrected chi connectivity index (χ4v) is 4.97. The second-order valence-corrected chi connectivity index (χ2v) is 10.6. The lowest BCUT2D eigenvalue weighted by atomic mass is 9.99. The zero-order valence-corrected chi connectivity index (χ0v) is 16.2. The van der Waals surface area contributed by atoms with Gasteiger partial charge in [0.1, 0.15) is 5.82 Å². The van der Waals surface area contributed by atoms with Crippen molar-refractivity contribution in [3.8, 4) is 0 Å². The normalized spacial score (nSPS) is 19.2. The fraction of sp³-hybridized carbons (Fsp3) is 0.562. The number of sulfone groups is 1. The molecule has 0 radical (unpaired) electrons. The van der Waals surface area contributed by atoms with Crippen LogP contribution in [0.25, 0.3) is 0 Å². The minimum atomic E-state index is -3.80. The van der Waals surface area contributed by atoms with Crippen molar-refractivity contribution in [1.82, 2.24) is 9.62 Å². The highest BCUT2D eigenvalue weighted by Crippen LogP contribution is 2.24. The van der Waals surface area contributed by atoms with E-state index < -0.39 is 31.6 Å². The molecule has 26 heavy (non-hydrogen) atoms. The van der Waals surface area contributed by atoms with Crippen molar-refractivity contribution in [3.05, 3.63) is 30.1 Å². The first-order valence-electron chi connectivity index (χ1n) is 8.39. The molecule has 1 aliphatic rings. The molecular formula is C16H23FN2O5S2. The molecule has 0 aromatic heterocycles. The maximum absolute atomic E-state index is 13.0. The van der Waals surface area contributed by atoms with Crippen LogP contribution in [0.4, 0.5) is 4.39 Å². The summed E-state index contributed by atoms with van der Waals surface area (Å²) in [7, 11) is -6.97. The van der Waals surface area contributed by atoms with Gasteiger partial charge in [0, 0.05) is 25.4 Å². The van der Waals surface area contributed by atoms with Gasteiger partial charge in [-0.15, -0.1) is 0 Å². The van der Waals surface area contributed by atoms with Crippen LogP contribution in [0.5, 0.6) is 0 Å². The van der Waals surface area contributed by atoms with E-state index in [-0.39, 0.29) is 41.9 Å². The number of hydrogen-bond donors (Lipinski definition) is 1. The molecule has 1 unspecified atom stereocenters. The van der Waals surface area contributed by atoms with E-state index in [0.717, 1.165) is 12.1 Å². The molecule has 1 atom stereocenters. The summed E-state index contributed by atoms with van der Waals surface area (Å²) in [6.07, 6.45) is 1.05. The van der Waals surface area contributed by atoms with Gasteiger partial charge in [-0.2, -0.15) is 4.31 Å². The van der Waals surface area contributed by atoms with Crippen molar-refractivity contribution < 1.29 is 26.0 Å². The van der Waals surface area contributed by atoms with Crippen LogP contribution in [-0.2, 0) is 24.7 Å². The average Bonchev–Trinajstić information content (AvgIpc) is 2.62. The number of nitrogens with one attached hydrogen (secondary N) is 1. The molecule has 0 spiro atoms. The molecule has 0 bridgehead atoms. The van der Waals surface area contributed by atoms with E-state index in [9.17, 15) is 26.0 Å². The lowest BCUT2D eigenvalue weighted by Crippen LogP contribution is -2.46. The average molecular weight is 407 g/mol. The van der Waals surface area contributed by atoms with Gasteiger partial charge in [-0.05, 0) is 37.1 Å². The Bertz CT molecular complexity index is 838. The molecule has 1 fully saturated rings. The zero-order chi connectivity index (χ0) is 19.4. The molecule has 10 heteroatoms. The summed E-state index contributed by atoms with van der Waals surface area (Å²) in [4.78, 5) is 12.2. The smallest absolute Gasteiger partial charge is 0.243 e. The van der Waals surface area contributed by atoms with Gasteiger partial charge in [0.25, 0.3) is 0 Å². The quantitative estimate of drug-likeness (QED) is 0.721. The number of benzene rings is 1. The summed E-state index contributed by atoms with van der Waals surface area (Å²) >= 11 is 0. The van der Waals surface area contributed by atoms with E-state index >= 15 is 0 Å². The minimum Gasteiger partial charge on any atom is -0.355 e. The van der Waals surface area contributed by atoms with Crippen LogP contribution in [0.15, 0.2) is 29.2 Å². The van der Waals surface area contributed by atoms with Gasteiger partial charge in [0.05, 0.1) is 16.6 Å². The second kappa shape index (κ2) is 8.45. The lowest BCUT2D eigenvalue weighted by Gasteiger charge is -2.31. The molecule has 1 N–H and O–H groups in total. The predicted molar refractivity (Wildman–Crippen MR) is 95.2 cm³/mol. The van der Waals surface area contributed by atoms with E-state index in [4.69, 9.17) is 0 Å². The maximum Gasteiger partial charge on any atom is 0.243 e. The molecule has 1 saturated heterocycles. The topological polar surface area (TPSA) is 101 Å². The Morgan fingerprint density at radius 3 is 2.50 bits per heavy atom. The number of hydrogen-bond acceptors (Lipinski definition) is 5. The highest BCUT2D eigenvalue weighted by atomic mass is 32.2. The predicted octanol–water partition coefficient (Wildman–Crippen LogP) is 0.777. The summed E-state index contributed by atoms with van der Waals surface area (Å²) in [6.45, 7) is 1.85. The molecule has 1 heterocycles. The van der Waals surface area contributed by atoms with Crippen molar-refractivity contribution >= 4 is 25.8 Å². The molecule has 1 amide bonds. The Morgan fingerprint density at radius 1 is 1.23 bits per heavy atom. The van der Waals surface area contributed by atoms with Gasteiger partial charge >= 0.3 is 0 Å². The van der Waals surface area contributed by atoms with Crippen LogP contribution in [0.3, 0.4) is 0 Å². The number of carbonyl (C=O) groups excluding carboxylic acids is 1. The fourth-order valence-electron chi connectivity index (χ4n) is 2.75. The third kappa shape index (κ3) is 5.24. The maximum atomic E-state index is 13.0. The lowest BCUT2D eigenvalue weighted by molar-refractivity contribution is -0.125. The standard InChI is InChI=1S/C16H23FN2O5S2/c1-2-25(21,22)11-9-18-16(20)13-4-3-10-19(12-13)26(23,24)15-7-5-14(17)6-8-15/h5-8,13H,2-4,9-12H2,1H3,(H,18,20). The number of sulfonamides is 1. The minimum absolute atomic E-state index is 0.00991. The number of rotatable bonds is 7. The largest absolute Gasteiger partial charge is 0.355 e. The van der Waals surface area contributed by atoms with Crippen molar-refractivity contribution in [3.63, 3.8) is 0 Å². The monoisotopic (exact) mass is 406 g/mol. The van der Waals surface area contributed by atoms with Gasteiger partial charge in [0.2, 0.25) is 15.9 Å². The van der Waals surface area contributed by atoms with Crippen LogP contribution < -0.4 is 5.32 Å². The summed E-state index contributed by atoms with van der Waals surface area (Å²) in [5, 5.41) is 2.57. The summed E-state index contributed by atoms with van der Waals surface area (Å²) < 4.78 is 62.4. The molecule has 146 valence electrons. The van der Waals surface area contributed by atoms with Crippen LogP contribution >= 0.6 is 0 Å². The van der Waals surface area contributed by atoms with Gasteiger partial charge in [-0.3, -0.25) is 4.79 Å². The number of amides is 1. The zero-order valence-electron chi connectivity index (χ0n) is 14.5. The van der Waals surface area contributed by atoms with Crippen LogP contribution in [0.1, 0.15) is 19.8 Å². The Labute approximate surface area is 153 Å². The van der Waals surface area contributed by atoms with E-state index in [2.05, 4.69) is 5.32 Å². The van der Waals surface area contributed by atoms with E-state index in [1.165, 1.54) is 23.4 Å².